The van der Waals surface area contributed by atoms with E-state index in [1.165, 1.54) is 6.07 Å². The number of aryl methyl sites for hydroxylation is 1. The van der Waals surface area contributed by atoms with Crippen molar-refractivity contribution in [1.29, 1.82) is 0 Å². The summed E-state index contributed by atoms with van der Waals surface area (Å²) in [7, 11) is 0. The van der Waals surface area contributed by atoms with Crippen LogP contribution in [0.4, 0.5) is 4.39 Å². The number of aliphatic hydroxyl groups is 1. The van der Waals surface area contributed by atoms with Gasteiger partial charge in [-0.1, -0.05) is 6.07 Å². The minimum atomic E-state index is -0.233. The number of benzene rings is 1. The Hall–Kier alpha value is -0.890. The third kappa shape index (κ3) is 1.34. The molecule has 0 bridgehead atoms. The quantitative estimate of drug-likeness (QED) is 0.621. The second-order valence-corrected chi connectivity index (χ2v) is 3.31. The molecule has 12 heavy (non-hydrogen) atoms. The fourth-order valence-electron chi connectivity index (χ4n) is 1.70. The third-order valence-electron chi connectivity index (χ3n) is 2.37. The van der Waals surface area contributed by atoms with Gasteiger partial charge in [-0.25, -0.2) is 4.39 Å². The van der Waals surface area contributed by atoms with E-state index in [1.54, 1.807) is 12.1 Å². The summed E-state index contributed by atoms with van der Waals surface area (Å²) < 4.78 is 12.7. The Morgan fingerprint density at radius 1 is 1.33 bits per heavy atom. The standard InChI is InChI=1S/C10H11FO/c11-9-3-1-8-6-10(12)4-2-7(8)5-9/h1,3,5,10,12H,2,4,6H2/t10-/m1/s1. The largest absolute Gasteiger partial charge is 0.393 e. The topological polar surface area (TPSA) is 20.2 Å². The molecule has 1 N–H and O–H groups in total. The Morgan fingerprint density at radius 3 is 3.00 bits per heavy atom. The lowest BCUT2D eigenvalue weighted by molar-refractivity contribution is 0.158. The predicted molar refractivity (Wildman–Crippen MR) is 44.4 cm³/mol. The Balaban J connectivity index is 2.37. The summed E-state index contributed by atoms with van der Waals surface area (Å²) in [5, 5.41) is 9.33. The van der Waals surface area contributed by atoms with E-state index < -0.39 is 0 Å². The Labute approximate surface area is 70.8 Å². The average Bonchev–Trinajstić information content (AvgIpc) is 2.05. The van der Waals surface area contributed by atoms with Crippen LogP contribution in [0.15, 0.2) is 18.2 Å². The SMILES string of the molecule is O[C@@H]1CCc2cc(F)ccc2C1. The van der Waals surface area contributed by atoms with Crippen molar-refractivity contribution in [1.82, 2.24) is 0 Å². The van der Waals surface area contributed by atoms with Crippen LogP contribution in [0, 0.1) is 5.82 Å². The summed E-state index contributed by atoms with van der Waals surface area (Å²) in [6.07, 6.45) is 2.00. The highest BCUT2D eigenvalue weighted by Gasteiger charge is 2.16. The van der Waals surface area contributed by atoms with E-state index in [9.17, 15) is 9.50 Å². The van der Waals surface area contributed by atoms with E-state index in [0.717, 1.165) is 24.0 Å². The monoisotopic (exact) mass is 166 g/mol. The first-order valence-corrected chi connectivity index (χ1v) is 4.21. The molecule has 1 aliphatic carbocycles. The van der Waals surface area contributed by atoms with Crippen molar-refractivity contribution in [2.45, 2.75) is 25.4 Å². The first kappa shape index (κ1) is 7.74. The van der Waals surface area contributed by atoms with Gasteiger partial charge in [0.2, 0.25) is 0 Å². The van der Waals surface area contributed by atoms with Crippen molar-refractivity contribution in [3.8, 4) is 0 Å². The lowest BCUT2D eigenvalue weighted by Crippen LogP contribution is -2.18. The molecule has 0 unspecified atom stereocenters. The first-order chi connectivity index (χ1) is 5.75. The molecule has 0 aliphatic heterocycles. The van der Waals surface area contributed by atoms with Crippen LogP contribution in [-0.2, 0) is 12.8 Å². The molecule has 1 atom stereocenters. The molecule has 0 saturated carbocycles. The Bertz CT molecular complexity index is 296. The van der Waals surface area contributed by atoms with Crippen molar-refractivity contribution >= 4 is 0 Å². The van der Waals surface area contributed by atoms with Gasteiger partial charge < -0.3 is 5.11 Å². The Morgan fingerprint density at radius 2 is 2.17 bits per heavy atom. The molecule has 0 fully saturated rings. The molecule has 1 aromatic rings. The minimum Gasteiger partial charge on any atom is -0.393 e. The van der Waals surface area contributed by atoms with Gasteiger partial charge in [0.05, 0.1) is 6.10 Å². The van der Waals surface area contributed by atoms with E-state index in [1.807, 2.05) is 0 Å². The second kappa shape index (κ2) is 2.87. The van der Waals surface area contributed by atoms with E-state index in [-0.39, 0.29) is 11.9 Å². The molecule has 0 heterocycles. The van der Waals surface area contributed by atoms with Gasteiger partial charge in [-0.2, -0.15) is 0 Å². The van der Waals surface area contributed by atoms with Crippen LogP contribution in [0.2, 0.25) is 0 Å². The number of hydrogen-bond donors (Lipinski definition) is 1. The summed E-state index contributed by atoms with van der Waals surface area (Å²) in [6.45, 7) is 0. The molecule has 1 aliphatic rings. The number of fused-ring (bicyclic) bond motifs is 1. The normalized spacial score (nSPS) is 22.0. The molecule has 0 amide bonds. The molecular formula is C10H11FO. The van der Waals surface area contributed by atoms with Crippen LogP contribution in [0.3, 0.4) is 0 Å². The molecular weight excluding hydrogens is 155 g/mol. The van der Waals surface area contributed by atoms with Crippen LogP contribution >= 0.6 is 0 Å². The van der Waals surface area contributed by atoms with Crippen molar-refractivity contribution < 1.29 is 9.50 Å². The van der Waals surface area contributed by atoms with E-state index in [0.29, 0.717) is 6.42 Å². The van der Waals surface area contributed by atoms with Gasteiger partial charge in [0.25, 0.3) is 0 Å². The highest BCUT2D eigenvalue weighted by molar-refractivity contribution is 5.30. The predicted octanol–water partition coefficient (Wildman–Crippen LogP) is 1.68. The van der Waals surface area contributed by atoms with Gasteiger partial charge in [-0.05, 0) is 42.5 Å². The van der Waals surface area contributed by atoms with Crippen LogP contribution in [0.1, 0.15) is 17.5 Å². The van der Waals surface area contributed by atoms with Crippen molar-refractivity contribution in [2.24, 2.45) is 0 Å². The zero-order chi connectivity index (χ0) is 8.55. The maximum Gasteiger partial charge on any atom is 0.123 e. The lowest BCUT2D eigenvalue weighted by Gasteiger charge is -2.20. The van der Waals surface area contributed by atoms with Gasteiger partial charge in [0, 0.05) is 0 Å². The Kier molecular flexibility index (Phi) is 1.85. The van der Waals surface area contributed by atoms with Gasteiger partial charge in [0.1, 0.15) is 5.82 Å². The molecule has 2 heteroatoms. The van der Waals surface area contributed by atoms with E-state index in [2.05, 4.69) is 0 Å². The summed E-state index contributed by atoms with van der Waals surface area (Å²) in [5.41, 5.74) is 2.15. The smallest absolute Gasteiger partial charge is 0.123 e. The zero-order valence-electron chi connectivity index (χ0n) is 6.76. The summed E-state index contributed by atoms with van der Waals surface area (Å²) >= 11 is 0. The maximum atomic E-state index is 12.7. The molecule has 1 aromatic carbocycles. The van der Waals surface area contributed by atoms with E-state index in [4.69, 9.17) is 0 Å². The van der Waals surface area contributed by atoms with Crippen molar-refractivity contribution in [2.75, 3.05) is 0 Å². The maximum absolute atomic E-state index is 12.7. The van der Waals surface area contributed by atoms with Gasteiger partial charge in [-0.15, -0.1) is 0 Å². The minimum absolute atomic E-state index is 0.176. The number of aliphatic hydroxyl groups excluding tert-OH is 1. The molecule has 0 spiro atoms. The van der Waals surface area contributed by atoms with Gasteiger partial charge >= 0.3 is 0 Å². The van der Waals surface area contributed by atoms with Crippen LogP contribution in [0.25, 0.3) is 0 Å². The van der Waals surface area contributed by atoms with Crippen LogP contribution in [-0.4, -0.2) is 11.2 Å². The molecule has 1 nitrogen and oxygen atoms in total. The first-order valence-electron chi connectivity index (χ1n) is 4.21. The second-order valence-electron chi connectivity index (χ2n) is 3.31. The van der Waals surface area contributed by atoms with Crippen LogP contribution < -0.4 is 0 Å². The summed E-state index contributed by atoms with van der Waals surface area (Å²) in [6, 6.07) is 4.80. The fraction of sp³-hybridized carbons (Fsp3) is 0.400. The molecule has 64 valence electrons. The van der Waals surface area contributed by atoms with Crippen LogP contribution in [0.5, 0.6) is 0 Å². The number of halogens is 1. The highest BCUT2D eigenvalue weighted by atomic mass is 19.1. The molecule has 0 aromatic heterocycles. The van der Waals surface area contributed by atoms with Crippen molar-refractivity contribution in [3.05, 3.63) is 35.1 Å². The van der Waals surface area contributed by atoms with E-state index >= 15 is 0 Å². The average molecular weight is 166 g/mol. The zero-order valence-corrected chi connectivity index (χ0v) is 6.76. The van der Waals surface area contributed by atoms with Crippen molar-refractivity contribution in [3.63, 3.8) is 0 Å². The fourth-order valence-corrected chi connectivity index (χ4v) is 1.70. The summed E-state index contributed by atoms with van der Waals surface area (Å²) in [4.78, 5) is 0. The highest BCUT2D eigenvalue weighted by Crippen LogP contribution is 2.21. The number of hydrogen-bond acceptors (Lipinski definition) is 1. The summed E-state index contributed by atoms with van der Waals surface area (Å²) in [5.74, 6) is -0.176. The lowest BCUT2D eigenvalue weighted by atomic mass is 9.90. The van der Waals surface area contributed by atoms with Gasteiger partial charge in [0.15, 0.2) is 0 Å². The molecule has 0 saturated heterocycles. The molecule has 2 rings (SSSR count). The molecule has 0 radical (unpaired) electrons. The third-order valence-corrected chi connectivity index (χ3v) is 2.37. The number of rotatable bonds is 0. The van der Waals surface area contributed by atoms with Gasteiger partial charge in [-0.3, -0.25) is 0 Å².